The van der Waals surface area contributed by atoms with E-state index in [1.165, 1.54) is 0 Å². The van der Waals surface area contributed by atoms with Gasteiger partial charge in [-0.15, -0.1) is 0 Å². The normalized spacial score (nSPS) is 11.8. The minimum absolute atomic E-state index is 0.0567. The van der Waals surface area contributed by atoms with Crippen LogP contribution in [0.3, 0.4) is 0 Å². The highest BCUT2D eigenvalue weighted by Gasteiger charge is 2.22. The molecule has 3 N–H and O–H groups in total. The number of anilines is 2. The van der Waals surface area contributed by atoms with Crippen LogP contribution in [0.4, 0.5) is 11.4 Å². The maximum Gasteiger partial charge on any atom is 0.251 e. The molecule has 0 fully saturated rings. The first-order chi connectivity index (χ1) is 15.7. The molecule has 1 unspecified atom stereocenters. The average Bonchev–Trinajstić information content (AvgIpc) is 2.79. The topological polar surface area (TPSA) is 87.3 Å². The molecule has 0 saturated carbocycles. The molecule has 3 amide bonds. The zero-order valence-corrected chi connectivity index (χ0v) is 19.1. The van der Waals surface area contributed by atoms with Crippen LogP contribution in [0, 0.1) is 5.41 Å². The highest BCUT2D eigenvalue weighted by molar-refractivity contribution is 5.97. The van der Waals surface area contributed by atoms with E-state index in [1.54, 1.807) is 48.5 Å². The Morgan fingerprint density at radius 2 is 1.33 bits per heavy atom. The Kier molecular flexibility index (Phi) is 7.61. The number of rotatable bonds is 7. The molecule has 0 aliphatic carbocycles. The van der Waals surface area contributed by atoms with E-state index in [9.17, 15) is 14.4 Å². The molecular formula is C27H29N3O3. The molecule has 0 saturated heterocycles. The summed E-state index contributed by atoms with van der Waals surface area (Å²) in [6.07, 6.45) is 0.0567. The Morgan fingerprint density at radius 1 is 0.758 bits per heavy atom. The summed E-state index contributed by atoms with van der Waals surface area (Å²) in [6.45, 7) is 5.50. The largest absolute Gasteiger partial charge is 0.345 e. The highest BCUT2D eigenvalue weighted by atomic mass is 16.2. The monoisotopic (exact) mass is 443 g/mol. The van der Waals surface area contributed by atoms with Gasteiger partial charge in [0.15, 0.2) is 0 Å². The lowest BCUT2D eigenvalue weighted by atomic mass is 9.95. The summed E-state index contributed by atoms with van der Waals surface area (Å²) in [5.74, 6) is -0.612. The first-order valence-corrected chi connectivity index (χ1v) is 10.8. The van der Waals surface area contributed by atoms with Gasteiger partial charge in [0.2, 0.25) is 11.8 Å². The highest BCUT2D eigenvalue weighted by Crippen LogP contribution is 2.22. The van der Waals surface area contributed by atoms with Crippen LogP contribution >= 0.6 is 0 Å². The van der Waals surface area contributed by atoms with Crippen LogP contribution in [0.2, 0.25) is 0 Å². The third-order valence-corrected chi connectivity index (χ3v) is 5.02. The summed E-state index contributed by atoms with van der Waals surface area (Å²) in [4.78, 5) is 37.8. The molecule has 3 aromatic rings. The molecule has 0 aliphatic heterocycles. The van der Waals surface area contributed by atoms with Gasteiger partial charge in [-0.1, -0.05) is 75.4 Å². The Hall–Kier alpha value is -3.93. The Bertz CT molecular complexity index is 1110. The van der Waals surface area contributed by atoms with Gasteiger partial charge in [-0.2, -0.15) is 0 Å². The van der Waals surface area contributed by atoms with Crippen LogP contribution < -0.4 is 16.0 Å². The van der Waals surface area contributed by atoms with Gasteiger partial charge in [0.05, 0.1) is 12.5 Å². The summed E-state index contributed by atoms with van der Waals surface area (Å²) >= 11 is 0. The second-order valence-corrected chi connectivity index (χ2v) is 8.84. The van der Waals surface area contributed by atoms with E-state index < -0.39 is 11.5 Å². The van der Waals surface area contributed by atoms with Crippen molar-refractivity contribution in [3.63, 3.8) is 0 Å². The minimum atomic E-state index is -0.529. The molecule has 170 valence electrons. The van der Waals surface area contributed by atoms with Crippen LogP contribution in [-0.4, -0.2) is 17.7 Å². The lowest BCUT2D eigenvalue weighted by molar-refractivity contribution is -0.123. The molecule has 0 bridgehead atoms. The summed E-state index contributed by atoms with van der Waals surface area (Å²) in [6, 6.07) is 24.8. The van der Waals surface area contributed by atoms with Crippen molar-refractivity contribution < 1.29 is 14.4 Å². The van der Waals surface area contributed by atoms with Crippen LogP contribution in [0.1, 0.15) is 49.2 Å². The van der Waals surface area contributed by atoms with Crippen LogP contribution in [-0.2, 0) is 9.59 Å². The quantitative estimate of drug-likeness (QED) is 0.471. The molecule has 0 aromatic heterocycles. The molecule has 0 spiro atoms. The fourth-order valence-corrected chi connectivity index (χ4v) is 3.16. The zero-order valence-electron chi connectivity index (χ0n) is 19.1. The summed E-state index contributed by atoms with van der Waals surface area (Å²) in [7, 11) is 0. The molecule has 3 aromatic carbocycles. The Balaban J connectivity index is 1.70. The van der Waals surface area contributed by atoms with E-state index in [4.69, 9.17) is 0 Å². The van der Waals surface area contributed by atoms with E-state index in [-0.39, 0.29) is 24.1 Å². The standard InChI is InChI=1S/C27H29N3O3/c1-27(2,3)26(33)29-22-16-10-15-21(17-22)28-24(31)18-23(19-11-6-4-7-12-19)30-25(32)20-13-8-5-9-14-20/h4-17,23H,18H2,1-3H3,(H,28,31)(H,29,33)(H,30,32). The molecular weight excluding hydrogens is 414 g/mol. The van der Waals surface area contributed by atoms with Gasteiger partial charge in [-0.25, -0.2) is 0 Å². The first-order valence-electron chi connectivity index (χ1n) is 10.8. The van der Waals surface area contributed by atoms with Crippen LogP contribution in [0.25, 0.3) is 0 Å². The van der Waals surface area contributed by atoms with Crippen LogP contribution in [0.5, 0.6) is 0 Å². The van der Waals surface area contributed by atoms with Gasteiger partial charge in [-0.05, 0) is 35.9 Å². The summed E-state index contributed by atoms with van der Waals surface area (Å²) in [5, 5.41) is 8.69. The van der Waals surface area contributed by atoms with E-state index in [0.29, 0.717) is 16.9 Å². The molecule has 1 atom stereocenters. The van der Waals surface area contributed by atoms with E-state index in [0.717, 1.165) is 5.56 Å². The van der Waals surface area contributed by atoms with Crippen molar-refractivity contribution >= 4 is 29.1 Å². The first kappa shape index (κ1) is 23.7. The lowest BCUT2D eigenvalue weighted by Crippen LogP contribution is -2.31. The molecule has 0 heterocycles. The number of carbonyl (C=O) groups excluding carboxylic acids is 3. The molecule has 6 nitrogen and oxygen atoms in total. The number of nitrogens with one attached hydrogen (secondary N) is 3. The van der Waals surface area contributed by atoms with Gasteiger partial charge in [0, 0.05) is 22.4 Å². The maximum absolute atomic E-state index is 12.9. The second kappa shape index (κ2) is 10.6. The van der Waals surface area contributed by atoms with Gasteiger partial charge in [0.1, 0.15) is 0 Å². The number of carbonyl (C=O) groups is 3. The van der Waals surface area contributed by atoms with E-state index >= 15 is 0 Å². The average molecular weight is 444 g/mol. The second-order valence-electron chi connectivity index (χ2n) is 8.84. The smallest absolute Gasteiger partial charge is 0.251 e. The SMILES string of the molecule is CC(C)(C)C(=O)Nc1cccc(NC(=O)CC(NC(=O)c2ccccc2)c2ccccc2)c1. The van der Waals surface area contributed by atoms with E-state index in [2.05, 4.69) is 16.0 Å². The third-order valence-electron chi connectivity index (χ3n) is 5.02. The van der Waals surface area contributed by atoms with Crippen molar-refractivity contribution in [2.75, 3.05) is 10.6 Å². The summed E-state index contributed by atoms with van der Waals surface area (Å²) < 4.78 is 0. The number of hydrogen-bond acceptors (Lipinski definition) is 3. The van der Waals surface area contributed by atoms with Gasteiger partial charge in [0.25, 0.3) is 5.91 Å². The molecule has 6 heteroatoms. The van der Waals surface area contributed by atoms with Crippen molar-refractivity contribution in [2.24, 2.45) is 5.41 Å². The van der Waals surface area contributed by atoms with Gasteiger partial charge < -0.3 is 16.0 Å². The van der Waals surface area contributed by atoms with Crippen molar-refractivity contribution in [1.29, 1.82) is 0 Å². The summed E-state index contributed by atoms with van der Waals surface area (Å²) in [5.41, 5.74) is 2.00. The molecule has 0 aliphatic rings. The molecule has 0 radical (unpaired) electrons. The third kappa shape index (κ3) is 7.04. The Morgan fingerprint density at radius 3 is 1.94 bits per heavy atom. The van der Waals surface area contributed by atoms with Crippen molar-refractivity contribution in [2.45, 2.75) is 33.2 Å². The minimum Gasteiger partial charge on any atom is -0.345 e. The van der Waals surface area contributed by atoms with Crippen LogP contribution in [0.15, 0.2) is 84.9 Å². The lowest BCUT2D eigenvalue weighted by Gasteiger charge is -2.20. The number of benzene rings is 3. The van der Waals surface area contributed by atoms with Crippen molar-refractivity contribution in [3.05, 3.63) is 96.1 Å². The zero-order chi connectivity index (χ0) is 23.8. The van der Waals surface area contributed by atoms with Crippen molar-refractivity contribution in [1.82, 2.24) is 5.32 Å². The predicted octanol–water partition coefficient (Wildman–Crippen LogP) is 5.17. The van der Waals surface area contributed by atoms with Crippen molar-refractivity contribution in [3.8, 4) is 0 Å². The van der Waals surface area contributed by atoms with E-state index in [1.807, 2.05) is 57.2 Å². The predicted molar refractivity (Wildman–Crippen MR) is 131 cm³/mol. The molecule has 33 heavy (non-hydrogen) atoms. The molecule has 3 rings (SSSR count). The van der Waals surface area contributed by atoms with Gasteiger partial charge >= 0.3 is 0 Å². The Labute approximate surface area is 194 Å². The fourth-order valence-electron chi connectivity index (χ4n) is 3.16. The number of hydrogen-bond donors (Lipinski definition) is 3. The fraction of sp³-hybridized carbons (Fsp3) is 0.222. The number of amides is 3. The van der Waals surface area contributed by atoms with Gasteiger partial charge in [-0.3, -0.25) is 14.4 Å². The maximum atomic E-state index is 12.9.